The summed E-state index contributed by atoms with van der Waals surface area (Å²) in [6.45, 7) is 4.11. The number of ether oxygens (including phenoxy) is 2. The number of nitrogens with one attached hydrogen (secondary N) is 3. The van der Waals surface area contributed by atoms with E-state index in [0.29, 0.717) is 18.8 Å². The summed E-state index contributed by atoms with van der Waals surface area (Å²) in [5.41, 5.74) is 6.30. The number of amides is 2. The number of esters is 1. The monoisotopic (exact) mass is 469 g/mol. The first-order valence-electron chi connectivity index (χ1n) is 10.4. The SMILES string of the molecule is C=CCOc1ccccc1C(=O)NNC(=S)NC(=O)CCC(=O)OCCCc1ccccc1. The molecule has 3 N–H and O–H groups in total. The molecule has 9 heteroatoms. The van der Waals surface area contributed by atoms with Gasteiger partial charge < -0.3 is 14.8 Å². The molecule has 0 aliphatic carbocycles. The molecular formula is C24H27N3O5S. The fraction of sp³-hybridized carbons (Fsp3) is 0.250. The third kappa shape index (κ3) is 9.96. The topological polar surface area (TPSA) is 106 Å². The second-order valence-electron chi connectivity index (χ2n) is 6.86. The summed E-state index contributed by atoms with van der Waals surface area (Å²) in [5.74, 6) is -1.04. The molecule has 8 nitrogen and oxygen atoms in total. The van der Waals surface area contributed by atoms with Gasteiger partial charge in [-0.2, -0.15) is 0 Å². The number of hydrazine groups is 1. The number of aryl methyl sites for hydroxylation is 1. The number of carbonyl (C=O) groups is 3. The number of rotatable bonds is 11. The highest BCUT2D eigenvalue weighted by Crippen LogP contribution is 2.17. The Balaban J connectivity index is 1.63. The minimum Gasteiger partial charge on any atom is -0.489 e. The van der Waals surface area contributed by atoms with Crippen LogP contribution in [0.3, 0.4) is 0 Å². The average molecular weight is 470 g/mol. The summed E-state index contributed by atoms with van der Waals surface area (Å²) in [6, 6.07) is 16.6. The summed E-state index contributed by atoms with van der Waals surface area (Å²) < 4.78 is 10.6. The molecule has 0 aliphatic rings. The smallest absolute Gasteiger partial charge is 0.306 e. The number of para-hydroxylation sites is 1. The Hall–Kier alpha value is -3.72. The average Bonchev–Trinajstić information content (AvgIpc) is 2.83. The lowest BCUT2D eigenvalue weighted by Gasteiger charge is -2.13. The summed E-state index contributed by atoms with van der Waals surface area (Å²) in [6.07, 6.45) is 2.92. The minimum absolute atomic E-state index is 0.0693. The van der Waals surface area contributed by atoms with E-state index in [4.69, 9.17) is 21.7 Å². The van der Waals surface area contributed by atoms with E-state index in [1.165, 1.54) is 5.56 Å². The van der Waals surface area contributed by atoms with Crippen LogP contribution in [0.5, 0.6) is 5.75 Å². The van der Waals surface area contributed by atoms with Crippen LogP contribution in [0.1, 0.15) is 35.2 Å². The van der Waals surface area contributed by atoms with Gasteiger partial charge in [0.25, 0.3) is 5.91 Å². The lowest BCUT2D eigenvalue weighted by Crippen LogP contribution is -2.48. The molecule has 0 fully saturated rings. The van der Waals surface area contributed by atoms with E-state index in [9.17, 15) is 14.4 Å². The van der Waals surface area contributed by atoms with Gasteiger partial charge in [-0.05, 0) is 42.8 Å². The number of thiocarbonyl (C=S) groups is 1. The van der Waals surface area contributed by atoms with Crippen molar-refractivity contribution in [1.29, 1.82) is 0 Å². The first kappa shape index (κ1) is 25.5. The van der Waals surface area contributed by atoms with Crippen LogP contribution in [0.2, 0.25) is 0 Å². The van der Waals surface area contributed by atoms with E-state index in [-0.39, 0.29) is 30.1 Å². The van der Waals surface area contributed by atoms with Gasteiger partial charge in [-0.25, -0.2) is 0 Å². The molecule has 2 aromatic carbocycles. The quantitative estimate of drug-likeness (QED) is 0.153. The van der Waals surface area contributed by atoms with Gasteiger partial charge in [0.05, 0.1) is 18.6 Å². The maximum Gasteiger partial charge on any atom is 0.306 e. The van der Waals surface area contributed by atoms with Crippen molar-refractivity contribution in [2.24, 2.45) is 0 Å². The van der Waals surface area contributed by atoms with Gasteiger partial charge in [-0.1, -0.05) is 55.1 Å². The Morgan fingerprint density at radius 2 is 1.70 bits per heavy atom. The second-order valence-corrected chi connectivity index (χ2v) is 7.27. The van der Waals surface area contributed by atoms with E-state index >= 15 is 0 Å². The Morgan fingerprint density at radius 1 is 0.970 bits per heavy atom. The lowest BCUT2D eigenvalue weighted by molar-refractivity contribution is -0.145. The summed E-state index contributed by atoms with van der Waals surface area (Å²) in [4.78, 5) is 36.1. The molecular weight excluding hydrogens is 442 g/mol. The first-order chi connectivity index (χ1) is 16.0. The summed E-state index contributed by atoms with van der Waals surface area (Å²) >= 11 is 5.00. The molecule has 0 aliphatic heterocycles. The molecule has 0 saturated heterocycles. The zero-order valence-electron chi connectivity index (χ0n) is 18.2. The molecule has 0 saturated carbocycles. The van der Waals surface area contributed by atoms with Gasteiger partial charge in [0.1, 0.15) is 12.4 Å². The zero-order chi connectivity index (χ0) is 23.9. The molecule has 0 atom stereocenters. The number of hydrogen-bond acceptors (Lipinski definition) is 6. The molecule has 2 aromatic rings. The lowest BCUT2D eigenvalue weighted by atomic mass is 10.1. The standard InChI is InChI=1S/C24H27N3O5S/c1-2-16-31-20-13-7-6-12-19(20)23(30)26-27-24(33)25-21(28)14-15-22(29)32-17-8-11-18-9-4-3-5-10-18/h2-7,9-10,12-13H,1,8,11,14-17H2,(H,26,30)(H2,25,27,28,33). The Labute approximate surface area is 198 Å². The molecule has 0 unspecified atom stereocenters. The highest BCUT2D eigenvalue weighted by Gasteiger charge is 2.13. The van der Waals surface area contributed by atoms with Crippen molar-refractivity contribution in [1.82, 2.24) is 16.2 Å². The molecule has 0 aromatic heterocycles. The van der Waals surface area contributed by atoms with E-state index in [0.717, 1.165) is 6.42 Å². The predicted octanol–water partition coefficient (Wildman–Crippen LogP) is 2.84. The number of benzene rings is 2. The van der Waals surface area contributed by atoms with Crippen LogP contribution in [0.15, 0.2) is 67.3 Å². The van der Waals surface area contributed by atoms with E-state index < -0.39 is 17.8 Å². The predicted molar refractivity (Wildman–Crippen MR) is 128 cm³/mol. The van der Waals surface area contributed by atoms with Gasteiger partial charge in [0.2, 0.25) is 5.91 Å². The molecule has 0 spiro atoms. The Kier molecular flexibility index (Phi) is 11.1. The van der Waals surface area contributed by atoms with Crippen molar-refractivity contribution in [3.05, 3.63) is 78.4 Å². The van der Waals surface area contributed by atoms with Gasteiger partial charge in [0, 0.05) is 6.42 Å². The third-order valence-corrected chi connectivity index (χ3v) is 4.51. The van der Waals surface area contributed by atoms with Gasteiger partial charge >= 0.3 is 5.97 Å². The fourth-order valence-corrected chi connectivity index (χ4v) is 2.89. The van der Waals surface area contributed by atoms with E-state index in [1.807, 2.05) is 30.3 Å². The largest absolute Gasteiger partial charge is 0.489 e. The molecule has 0 bridgehead atoms. The van der Waals surface area contributed by atoms with Crippen molar-refractivity contribution in [3.63, 3.8) is 0 Å². The molecule has 0 radical (unpaired) electrons. The van der Waals surface area contributed by atoms with Gasteiger partial charge in [-0.3, -0.25) is 25.2 Å². The van der Waals surface area contributed by atoms with E-state index in [1.54, 1.807) is 30.3 Å². The van der Waals surface area contributed by atoms with Crippen LogP contribution >= 0.6 is 12.2 Å². The van der Waals surface area contributed by atoms with Gasteiger partial charge in [-0.15, -0.1) is 0 Å². The first-order valence-corrected chi connectivity index (χ1v) is 10.8. The summed E-state index contributed by atoms with van der Waals surface area (Å²) in [5, 5.41) is 2.29. The van der Waals surface area contributed by atoms with Crippen molar-refractivity contribution < 1.29 is 23.9 Å². The highest BCUT2D eigenvalue weighted by atomic mass is 32.1. The van der Waals surface area contributed by atoms with Crippen molar-refractivity contribution in [2.45, 2.75) is 25.7 Å². The van der Waals surface area contributed by atoms with Crippen LogP contribution in [0.4, 0.5) is 0 Å². The maximum atomic E-state index is 12.3. The van der Waals surface area contributed by atoms with Crippen LogP contribution in [-0.4, -0.2) is 36.1 Å². The number of carbonyl (C=O) groups excluding carboxylic acids is 3. The Morgan fingerprint density at radius 3 is 2.45 bits per heavy atom. The van der Waals surface area contributed by atoms with Crippen LogP contribution in [0.25, 0.3) is 0 Å². The van der Waals surface area contributed by atoms with Crippen molar-refractivity contribution in [3.8, 4) is 5.75 Å². The van der Waals surface area contributed by atoms with Crippen molar-refractivity contribution >= 4 is 35.1 Å². The van der Waals surface area contributed by atoms with Crippen LogP contribution in [0, 0.1) is 0 Å². The molecule has 2 amide bonds. The van der Waals surface area contributed by atoms with E-state index in [2.05, 4.69) is 22.7 Å². The normalized spacial score (nSPS) is 9.94. The summed E-state index contributed by atoms with van der Waals surface area (Å²) in [7, 11) is 0. The molecule has 2 rings (SSSR count). The van der Waals surface area contributed by atoms with Crippen molar-refractivity contribution in [2.75, 3.05) is 13.2 Å². The molecule has 174 valence electrons. The van der Waals surface area contributed by atoms with Crippen LogP contribution in [-0.2, 0) is 20.7 Å². The van der Waals surface area contributed by atoms with Gasteiger partial charge in [0.15, 0.2) is 5.11 Å². The number of hydrogen-bond donors (Lipinski definition) is 3. The highest BCUT2D eigenvalue weighted by molar-refractivity contribution is 7.80. The Bertz CT molecular complexity index is 966. The van der Waals surface area contributed by atoms with Crippen LogP contribution < -0.4 is 20.9 Å². The molecule has 0 heterocycles. The second kappa shape index (κ2) is 14.4. The molecule has 33 heavy (non-hydrogen) atoms. The fourth-order valence-electron chi connectivity index (χ4n) is 2.72. The third-order valence-electron chi connectivity index (χ3n) is 4.30. The zero-order valence-corrected chi connectivity index (χ0v) is 19.0. The minimum atomic E-state index is -0.495. The maximum absolute atomic E-state index is 12.3.